The van der Waals surface area contributed by atoms with Crippen LogP contribution in [0.15, 0.2) is 60.9 Å². The zero-order valence-electron chi connectivity index (χ0n) is 14.9. The van der Waals surface area contributed by atoms with Crippen molar-refractivity contribution in [2.75, 3.05) is 19.0 Å². The van der Waals surface area contributed by atoms with Gasteiger partial charge in [-0.2, -0.15) is 4.57 Å². The minimum atomic E-state index is -0.00833. The quantitative estimate of drug-likeness (QED) is 0.352. The molecule has 0 aliphatic heterocycles. The molecule has 0 amide bonds. The van der Waals surface area contributed by atoms with E-state index in [0.29, 0.717) is 16.3 Å². The molecule has 0 N–H and O–H groups in total. The molecule has 3 heterocycles. The third kappa shape index (κ3) is 2.49. The van der Waals surface area contributed by atoms with Crippen molar-refractivity contribution in [3.8, 4) is 10.9 Å². The van der Waals surface area contributed by atoms with Gasteiger partial charge in [0.05, 0.1) is 28.1 Å². The Hall–Kier alpha value is -3.25. The summed E-state index contributed by atoms with van der Waals surface area (Å²) in [5, 5.41) is 15.1. The molecule has 132 valence electrons. The summed E-state index contributed by atoms with van der Waals surface area (Å²) < 4.78 is 2.96. The minimum Gasteiger partial charge on any atom is -0.871 e. The summed E-state index contributed by atoms with van der Waals surface area (Å²) in [4.78, 5) is 11.5. The van der Waals surface area contributed by atoms with Crippen molar-refractivity contribution in [2.24, 2.45) is 0 Å². The van der Waals surface area contributed by atoms with E-state index in [9.17, 15) is 5.11 Å². The third-order valence-electron chi connectivity index (χ3n) is 4.69. The fourth-order valence-electron chi connectivity index (χ4n) is 3.27. The number of benzene rings is 2. The highest BCUT2D eigenvalue weighted by Crippen LogP contribution is 2.36. The molecule has 0 aliphatic carbocycles. The minimum absolute atomic E-state index is 0.00833. The van der Waals surface area contributed by atoms with Gasteiger partial charge in [-0.3, -0.25) is 0 Å². The van der Waals surface area contributed by atoms with Gasteiger partial charge < -0.3 is 10.0 Å². The first-order valence-corrected chi connectivity index (χ1v) is 9.41. The molecule has 0 radical (unpaired) electrons. The average Bonchev–Trinajstić information content (AvgIpc) is 3.12. The van der Waals surface area contributed by atoms with Gasteiger partial charge >= 0.3 is 5.13 Å². The Morgan fingerprint density at radius 2 is 1.70 bits per heavy atom. The largest absolute Gasteiger partial charge is 0.871 e. The molecule has 0 saturated carbocycles. The number of thiazole rings is 1. The second-order valence-corrected chi connectivity index (χ2v) is 7.63. The highest BCUT2D eigenvalue weighted by atomic mass is 32.1. The fraction of sp³-hybridized carbons (Fsp3) is 0.0952. The van der Waals surface area contributed by atoms with Crippen molar-refractivity contribution in [2.45, 2.75) is 0 Å². The van der Waals surface area contributed by atoms with Gasteiger partial charge in [-0.1, -0.05) is 23.9 Å². The number of hydrogen-bond donors (Lipinski definition) is 0. The van der Waals surface area contributed by atoms with E-state index in [1.165, 1.54) is 0 Å². The molecule has 0 aliphatic rings. The topological polar surface area (TPSA) is 56.0 Å². The molecule has 27 heavy (non-hydrogen) atoms. The zero-order chi connectivity index (χ0) is 18.5. The average molecular weight is 372 g/mol. The van der Waals surface area contributed by atoms with Crippen LogP contribution in [0.3, 0.4) is 0 Å². The predicted octanol–water partition coefficient (Wildman–Crippen LogP) is 3.41. The molecule has 0 spiro atoms. The molecule has 0 unspecified atom stereocenters. The van der Waals surface area contributed by atoms with Crippen LogP contribution in [0.25, 0.3) is 37.2 Å². The lowest BCUT2D eigenvalue weighted by molar-refractivity contribution is -0.595. The van der Waals surface area contributed by atoms with Crippen LogP contribution >= 0.6 is 11.3 Å². The molecule has 0 bridgehead atoms. The number of hydrogen-bond acceptors (Lipinski definition) is 5. The normalized spacial score (nSPS) is 11.5. The van der Waals surface area contributed by atoms with E-state index >= 15 is 0 Å². The lowest BCUT2D eigenvalue weighted by Gasteiger charge is -2.13. The van der Waals surface area contributed by atoms with Crippen molar-refractivity contribution in [3.05, 3.63) is 60.9 Å². The number of anilines is 1. The lowest BCUT2D eigenvalue weighted by Crippen LogP contribution is -2.29. The van der Waals surface area contributed by atoms with E-state index in [4.69, 9.17) is 4.98 Å². The van der Waals surface area contributed by atoms with Crippen LogP contribution in [-0.4, -0.2) is 24.1 Å². The Labute approximate surface area is 159 Å². The molecule has 6 heteroatoms. The van der Waals surface area contributed by atoms with Crippen LogP contribution in [0, 0.1) is 0 Å². The molecule has 0 atom stereocenters. The van der Waals surface area contributed by atoms with Crippen LogP contribution in [-0.2, 0) is 0 Å². The summed E-state index contributed by atoms with van der Waals surface area (Å²) in [6.07, 6.45) is 3.97. The number of aromatic nitrogens is 3. The van der Waals surface area contributed by atoms with E-state index in [2.05, 4.69) is 9.88 Å². The molecule has 5 rings (SSSR count). The maximum absolute atomic E-state index is 13.1. The summed E-state index contributed by atoms with van der Waals surface area (Å²) in [5.74, 6) is -0.00833. The van der Waals surface area contributed by atoms with E-state index < -0.39 is 0 Å². The van der Waals surface area contributed by atoms with Crippen LogP contribution in [0.1, 0.15) is 0 Å². The summed E-state index contributed by atoms with van der Waals surface area (Å²) in [5.41, 5.74) is 3.25. The van der Waals surface area contributed by atoms with E-state index in [0.717, 1.165) is 26.6 Å². The van der Waals surface area contributed by atoms with Crippen molar-refractivity contribution < 1.29 is 9.67 Å². The van der Waals surface area contributed by atoms with E-state index in [1.54, 1.807) is 11.3 Å². The first kappa shape index (κ1) is 16.0. The van der Waals surface area contributed by atoms with Crippen LogP contribution in [0.5, 0.6) is 5.75 Å². The van der Waals surface area contributed by atoms with Gasteiger partial charge in [-0.05, 0) is 39.9 Å². The maximum Gasteiger partial charge on any atom is 0.388 e. The molecular weight excluding hydrogens is 356 g/mol. The second-order valence-electron chi connectivity index (χ2n) is 6.62. The summed E-state index contributed by atoms with van der Waals surface area (Å²) in [7, 11) is 4.02. The Morgan fingerprint density at radius 1 is 0.926 bits per heavy atom. The summed E-state index contributed by atoms with van der Waals surface area (Å²) >= 11 is 1.57. The number of rotatable bonds is 2. The first-order valence-electron chi connectivity index (χ1n) is 8.60. The van der Waals surface area contributed by atoms with Crippen LogP contribution in [0.2, 0.25) is 0 Å². The summed E-state index contributed by atoms with van der Waals surface area (Å²) in [6.45, 7) is 0. The van der Waals surface area contributed by atoms with Crippen molar-refractivity contribution >= 4 is 49.0 Å². The number of nitrogens with zero attached hydrogens (tertiary/aromatic N) is 4. The molecule has 2 aromatic carbocycles. The van der Waals surface area contributed by atoms with Gasteiger partial charge in [0, 0.05) is 37.3 Å². The van der Waals surface area contributed by atoms with Crippen molar-refractivity contribution in [3.63, 3.8) is 0 Å². The number of fused-ring (bicyclic) bond motifs is 4. The standard InChI is InChI=1S/C21H16N4OS/c1-24(2)13-9-11-25(12-10-13)21-23-19-17(27-21)8-7-16-18(19)20(26)14-5-3-4-6-15(14)22-16/h3-12H,1-2H3. The van der Waals surface area contributed by atoms with Gasteiger partial charge in [-0.15, -0.1) is 0 Å². The SMILES string of the molecule is CN(C)c1cc[n+](-c2nc3c(ccc4nc5ccccc5c([O-])c43)s2)cc1. The fourth-order valence-corrected chi connectivity index (χ4v) is 4.21. The maximum atomic E-state index is 13.1. The molecule has 0 fully saturated rings. The predicted molar refractivity (Wildman–Crippen MR) is 108 cm³/mol. The monoisotopic (exact) mass is 372 g/mol. The molecule has 0 saturated heterocycles. The van der Waals surface area contributed by atoms with Gasteiger partial charge in [0.25, 0.3) is 0 Å². The molecule has 3 aromatic heterocycles. The molecular formula is C21H16N4OS. The smallest absolute Gasteiger partial charge is 0.388 e. The van der Waals surface area contributed by atoms with Gasteiger partial charge in [0.2, 0.25) is 5.52 Å². The van der Waals surface area contributed by atoms with Crippen LogP contribution < -0.4 is 14.6 Å². The molecule has 5 aromatic rings. The number of para-hydroxylation sites is 1. The third-order valence-corrected chi connectivity index (χ3v) is 5.73. The highest BCUT2D eigenvalue weighted by Gasteiger charge is 2.19. The lowest BCUT2D eigenvalue weighted by atomic mass is 10.1. The molecule has 5 nitrogen and oxygen atoms in total. The van der Waals surface area contributed by atoms with Gasteiger partial charge in [-0.25, -0.2) is 4.98 Å². The Bertz CT molecular complexity index is 1310. The van der Waals surface area contributed by atoms with Crippen molar-refractivity contribution in [1.29, 1.82) is 0 Å². The van der Waals surface area contributed by atoms with Crippen molar-refractivity contribution in [1.82, 2.24) is 9.97 Å². The Morgan fingerprint density at radius 3 is 2.48 bits per heavy atom. The van der Waals surface area contributed by atoms with E-state index in [-0.39, 0.29) is 5.75 Å². The summed E-state index contributed by atoms with van der Waals surface area (Å²) in [6, 6.07) is 15.4. The number of pyridine rings is 2. The highest BCUT2D eigenvalue weighted by molar-refractivity contribution is 7.20. The second kappa shape index (κ2) is 5.89. The zero-order valence-corrected chi connectivity index (χ0v) is 15.7. The van der Waals surface area contributed by atoms with Gasteiger partial charge in [0.1, 0.15) is 0 Å². The van der Waals surface area contributed by atoms with E-state index in [1.807, 2.05) is 79.6 Å². The van der Waals surface area contributed by atoms with Gasteiger partial charge in [0.15, 0.2) is 0 Å². The first-order chi connectivity index (χ1) is 13.1. The Kier molecular flexibility index (Phi) is 3.48. The van der Waals surface area contributed by atoms with Crippen LogP contribution in [0.4, 0.5) is 5.69 Å². The Balaban J connectivity index is 1.75.